The molecule has 3 amide bonds. The number of carbonyl (C=O) groups excluding carboxylic acids is 4. The van der Waals surface area contributed by atoms with E-state index in [0.29, 0.717) is 17.7 Å². The van der Waals surface area contributed by atoms with E-state index in [0.717, 1.165) is 11.1 Å². The molecule has 3 aromatic rings. The van der Waals surface area contributed by atoms with Crippen molar-refractivity contribution >= 4 is 29.4 Å². The zero-order chi connectivity index (χ0) is 26.0. The molecule has 0 radical (unpaired) electrons. The molecule has 1 N–H and O–H groups in total. The summed E-state index contributed by atoms with van der Waals surface area (Å²) >= 11 is 0. The van der Waals surface area contributed by atoms with Crippen molar-refractivity contribution in [1.82, 2.24) is 10.2 Å². The SMILES string of the molecule is CN1C(=O)c2ccccc2N2C(=O)CCC12C(=O)OCC(=O)NC(Cc1ccccc1)c1ccccc1. The molecule has 2 aliphatic rings. The summed E-state index contributed by atoms with van der Waals surface area (Å²) in [6.45, 7) is -0.537. The summed E-state index contributed by atoms with van der Waals surface area (Å²) in [5.41, 5.74) is 1.07. The van der Waals surface area contributed by atoms with Gasteiger partial charge in [-0.2, -0.15) is 0 Å². The lowest BCUT2D eigenvalue weighted by Gasteiger charge is -2.46. The average Bonchev–Trinajstić information content (AvgIpc) is 3.29. The predicted octanol–water partition coefficient (Wildman–Crippen LogP) is 3.24. The van der Waals surface area contributed by atoms with Crippen LogP contribution in [0.1, 0.15) is 40.4 Å². The van der Waals surface area contributed by atoms with Gasteiger partial charge in [-0.25, -0.2) is 4.79 Å². The van der Waals surface area contributed by atoms with E-state index in [1.54, 1.807) is 24.3 Å². The maximum Gasteiger partial charge on any atom is 0.354 e. The van der Waals surface area contributed by atoms with Crippen LogP contribution in [0.25, 0.3) is 0 Å². The number of anilines is 1. The topological polar surface area (TPSA) is 96.0 Å². The summed E-state index contributed by atoms with van der Waals surface area (Å²) in [5, 5.41) is 2.96. The summed E-state index contributed by atoms with van der Waals surface area (Å²) < 4.78 is 5.48. The number of hydrogen-bond acceptors (Lipinski definition) is 5. The van der Waals surface area contributed by atoms with Crippen molar-refractivity contribution in [2.45, 2.75) is 31.0 Å². The van der Waals surface area contributed by atoms with Crippen molar-refractivity contribution in [3.8, 4) is 0 Å². The Morgan fingerprint density at radius 3 is 2.32 bits per heavy atom. The van der Waals surface area contributed by atoms with E-state index in [1.165, 1.54) is 16.8 Å². The number of nitrogens with one attached hydrogen (secondary N) is 1. The first kappa shape index (κ1) is 24.2. The van der Waals surface area contributed by atoms with E-state index in [4.69, 9.17) is 4.74 Å². The van der Waals surface area contributed by atoms with E-state index in [1.807, 2.05) is 60.7 Å². The van der Waals surface area contributed by atoms with Gasteiger partial charge in [0.1, 0.15) is 0 Å². The van der Waals surface area contributed by atoms with Crippen LogP contribution >= 0.6 is 0 Å². The third kappa shape index (κ3) is 4.35. The van der Waals surface area contributed by atoms with Crippen LogP contribution in [0.5, 0.6) is 0 Å². The van der Waals surface area contributed by atoms with Crippen LogP contribution < -0.4 is 10.2 Å². The summed E-state index contributed by atoms with van der Waals surface area (Å²) in [5.74, 6) is -1.94. The van der Waals surface area contributed by atoms with Crippen LogP contribution in [-0.4, -0.2) is 47.9 Å². The summed E-state index contributed by atoms with van der Waals surface area (Å²) in [7, 11) is 1.48. The number of carbonyl (C=O) groups is 4. The van der Waals surface area contributed by atoms with Crippen LogP contribution in [0, 0.1) is 0 Å². The van der Waals surface area contributed by atoms with Gasteiger partial charge in [-0.05, 0) is 29.7 Å². The molecular formula is C29H27N3O5. The highest BCUT2D eigenvalue weighted by molar-refractivity contribution is 6.15. The van der Waals surface area contributed by atoms with E-state index in [-0.39, 0.29) is 30.7 Å². The molecule has 3 aromatic carbocycles. The van der Waals surface area contributed by atoms with E-state index in [9.17, 15) is 19.2 Å². The molecule has 2 atom stereocenters. The summed E-state index contributed by atoms with van der Waals surface area (Å²) in [6, 6.07) is 25.7. The molecule has 0 aliphatic carbocycles. The number of nitrogens with zero attached hydrogens (tertiary/aromatic N) is 2. The molecule has 5 rings (SSSR count). The van der Waals surface area contributed by atoms with Crippen molar-refractivity contribution in [3.63, 3.8) is 0 Å². The average molecular weight is 498 g/mol. The number of rotatable bonds is 7. The normalized spacial score (nSPS) is 19.2. The maximum atomic E-state index is 13.5. The molecule has 0 saturated carbocycles. The number of likely N-dealkylation sites (N-methyl/N-ethyl adjacent to an activating group) is 1. The minimum Gasteiger partial charge on any atom is -0.452 e. The van der Waals surface area contributed by atoms with Gasteiger partial charge in [0, 0.05) is 19.9 Å². The van der Waals surface area contributed by atoms with E-state index in [2.05, 4.69) is 5.32 Å². The molecule has 8 heteroatoms. The van der Waals surface area contributed by atoms with Gasteiger partial charge in [0.15, 0.2) is 6.61 Å². The monoisotopic (exact) mass is 497 g/mol. The fourth-order valence-corrected chi connectivity index (χ4v) is 5.16. The van der Waals surface area contributed by atoms with Crippen LogP contribution in [-0.2, 0) is 25.5 Å². The van der Waals surface area contributed by atoms with Gasteiger partial charge in [0.25, 0.3) is 11.8 Å². The zero-order valence-electron chi connectivity index (χ0n) is 20.4. The van der Waals surface area contributed by atoms with Crippen LogP contribution in [0.4, 0.5) is 5.69 Å². The molecule has 0 aromatic heterocycles. The number of amides is 3. The number of para-hydroxylation sites is 1. The Kier molecular flexibility index (Phi) is 6.48. The molecule has 37 heavy (non-hydrogen) atoms. The molecule has 2 unspecified atom stereocenters. The lowest BCUT2D eigenvalue weighted by atomic mass is 9.97. The van der Waals surface area contributed by atoms with Gasteiger partial charge < -0.3 is 15.0 Å². The highest BCUT2D eigenvalue weighted by Crippen LogP contribution is 2.44. The fraction of sp³-hybridized carbons (Fsp3) is 0.241. The second-order valence-electron chi connectivity index (χ2n) is 9.22. The molecule has 2 aliphatic heterocycles. The molecule has 8 nitrogen and oxygen atoms in total. The van der Waals surface area contributed by atoms with Gasteiger partial charge in [0.2, 0.25) is 11.6 Å². The Morgan fingerprint density at radius 1 is 0.946 bits per heavy atom. The van der Waals surface area contributed by atoms with Gasteiger partial charge in [-0.1, -0.05) is 72.8 Å². The number of benzene rings is 3. The zero-order valence-corrected chi connectivity index (χ0v) is 20.4. The minimum atomic E-state index is -1.62. The Hall–Kier alpha value is -4.46. The third-order valence-electron chi connectivity index (χ3n) is 7.02. The van der Waals surface area contributed by atoms with Crippen LogP contribution in [0.3, 0.4) is 0 Å². The molecule has 1 saturated heterocycles. The van der Waals surface area contributed by atoms with E-state index < -0.39 is 24.1 Å². The fourth-order valence-electron chi connectivity index (χ4n) is 5.16. The molecule has 0 bridgehead atoms. The second kappa shape index (κ2) is 9.89. The standard InChI is InChI=1S/C29H27N3O5/c1-31-27(35)22-14-8-9-15-24(22)32-26(34)16-17-29(31,32)28(36)37-19-25(33)30-23(21-12-6-3-7-13-21)18-20-10-4-2-5-11-20/h2-15,23H,16-19H2,1H3,(H,30,33). The van der Waals surface area contributed by atoms with Crippen molar-refractivity contribution in [1.29, 1.82) is 0 Å². The largest absolute Gasteiger partial charge is 0.452 e. The maximum absolute atomic E-state index is 13.5. The van der Waals surface area contributed by atoms with Crippen molar-refractivity contribution in [2.24, 2.45) is 0 Å². The van der Waals surface area contributed by atoms with Crippen molar-refractivity contribution < 1.29 is 23.9 Å². The second-order valence-corrected chi connectivity index (χ2v) is 9.22. The minimum absolute atomic E-state index is 0.0837. The first-order valence-electron chi connectivity index (χ1n) is 12.2. The predicted molar refractivity (Wildman–Crippen MR) is 136 cm³/mol. The lowest BCUT2D eigenvalue weighted by Crippen LogP contribution is -2.67. The summed E-state index contributed by atoms with van der Waals surface area (Å²) in [6.07, 6.45) is 0.731. The van der Waals surface area contributed by atoms with Gasteiger partial charge in [-0.3, -0.25) is 19.3 Å². The molecule has 0 spiro atoms. The van der Waals surface area contributed by atoms with Gasteiger partial charge in [-0.15, -0.1) is 0 Å². The number of ether oxygens (including phenoxy) is 1. The first-order chi connectivity index (χ1) is 17.9. The van der Waals surface area contributed by atoms with E-state index >= 15 is 0 Å². The molecule has 1 fully saturated rings. The van der Waals surface area contributed by atoms with Gasteiger partial charge >= 0.3 is 5.97 Å². The number of fused-ring (bicyclic) bond motifs is 3. The molecule has 188 valence electrons. The Bertz CT molecular complexity index is 1340. The third-order valence-corrected chi connectivity index (χ3v) is 7.02. The summed E-state index contributed by atoms with van der Waals surface area (Å²) in [4.78, 5) is 55.0. The first-order valence-corrected chi connectivity index (χ1v) is 12.2. The highest BCUT2D eigenvalue weighted by atomic mass is 16.5. The Morgan fingerprint density at radius 2 is 1.59 bits per heavy atom. The van der Waals surface area contributed by atoms with Crippen molar-refractivity contribution in [2.75, 3.05) is 18.6 Å². The quantitative estimate of drug-likeness (QED) is 0.506. The molecule has 2 heterocycles. The number of esters is 1. The number of hydrogen-bond donors (Lipinski definition) is 1. The smallest absolute Gasteiger partial charge is 0.354 e. The molecular weight excluding hydrogens is 470 g/mol. The Labute approximate surface area is 214 Å². The van der Waals surface area contributed by atoms with Crippen LogP contribution in [0.2, 0.25) is 0 Å². The Balaban J connectivity index is 1.33. The van der Waals surface area contributed by atoms with Gasteiger partial charge in [0.05, 0.1) is 17.3 Å². The van der Waals surface area contributed by atoms with Crippen molar-refractivity contribution in [3.05, 3.63) is 102 Å². The lowest BCUT2D eigenvalue weighted by molar-refractivity contribution is -0.159. The highest BCUT2D eigenvalue weighted by Gasteiger charge is 2.60. The van der Waals surface area contributed by atoms with Crippen LogP contribution in [0.15, 0.2) is 84.9 Å².